The van der Waals surface area contributed by atoms with Gasteiger partial charge < -0.3 is 10.2 Å². The molecule has 3 atom stereocenters. The number of aliphatic imine (C=N–C) groups is 1. The zero-order valence-electron chi connectivity index (χ0n) is 14.6. The van der Waals surface area contributed by atoms with Gasteiger partial charge in [0.25, 0.3) is 0 Å². The minimum atomic E-state index is 0. The van der Waals surface area contributed by atoms with Gasteiger partial charge in [0.1, 0.15) is 0 Å². The van der Waals surface area contributed by atoms with E-state index < -0.39 is 0 Å². The number of nitrogens with one attached hydrogen (secondary N) is 1. The number of nitrogens with zero attached hydrogens (tertiary/aromatic N) is 2. The second kappa shape index (κ2) is 8.21. The molecule has 2 aromatic rings. The standard InChI is InChI=1S/C21H25N3.HI/c1-22-21(23-20-14-19(20)17-10-6-3-7-11-17)24-13-12-18(15-24)16-8-4-2-5-9-16;/h2-11,18-20H,12-15H2,1H3,(H,22,23);1H. The van der Waals surface area contributed by atoms with Gasteiger partial charge in [0, 0.05) is 38.0 Å². The van der Waals surface area contributed by atoms with Gasteiger partial charge in [0.05, 0.1) is 0 Å². The average molecular weight is 447 g/mol. The van der Waals surface area contributed by atoms with Crippen LogP contribution in [0.25, 0.3) is 0 Å². The quantitative estimate of drug-likeness (QED) is 0.434. The summed E-state index contributed by atoms with van der Waals surface area (Å²) >= 11 is 0. The Labute approximate surface area is 167 Å². The van der Waals surface area contributed by atoms with E-state index in [2.05, 4.69) is 75.9 Å². The van der Waals surface area contributed by atoms with Crippen molar-refractivity contribution in [3.8, 4) is 0 Å². The van der Waals surface area contributed by atoms with E-state index >= 15 is 0 Å². The second-order valence-corrected chi connectivity index (χ2v) is 6.89. The summed E-state index contributed by atoms with van der Waals surface area (Å²) in [4.78, 5) is 6.95. The summed E-state index contributed by atoms with van der Waals surface area (Å²) in [5.74, 6) is 2.32. The van der Waals surface area contributed by atoms with Gasteiger partial charge in [0.2, 0.25) is 0 Å². The van der Waals surface area contributed by atoms with Crippen LogP contribution in [0.4, 0.5) is 0 Å². The number of hydrogen-bond donors (Lipinski definition) is 1. The topological polar surface area (TPSA) is 27.6 Å². The van der Waals surface area contributed by atoms with E-state index in [1.54, 1.807) is 0 Å². The number of halogens is 1. The van der Waals surface area contributed by atoms with E-state index in [4.69, 9.17) is 0 Å². The van der Waals surface area contributed by atoms with Crippen molar-refractivity contribution in [2.45, 2.75) is 30.7 Å². The molecular weight excluding hydrogens is 421 g/mol. The Morgan fingerprint density at radius 3 is 2.28 bits per heavy atom. The first-order valence-corrected chi connectivity index (χ1v) is 8.93. The fourth-order valence-electron chi connectivity index (χ4n) is 3.84. The Kier molecular flexibility index (Phi) is 5.99. The summed E-state index contributed by atoms with van der Waals surface area (Å²) in [6.45, 7) is 2.15. The molecule has 1 N–H and O–H groups in total. The SMILES string of the molecule is CN=C(NC1CC1c1ccccc1)N1CCC(c2ccccc2)C1.I. The van der Waals surface area contributed by atoms with E-state index in [-0.39, 0.29) is 24.0 Å². The van der Waals surface area contributed by atoms with Crippen molar-refractivity contribution in [1.29, 1.82) is 0 Å². The molecule has 1 heterocycles. The maximum Gasteiger partial charge on any atom is 0.193 e. The van der Waals surface area contributed by atoms with E-state index in [1.165, 1.54) is 24.0 Å². The van der Waals surface area contributed by atoms with E-state index in [0.717, 1.165) is 19.0 Å². The maximum atomic E-state index is 4.54. The molecule has 0 bridgehead atoms. The van der Waals surface area contributed by atoms with Crippen LogP contribution < -0.4 is 5.32 Å². The molecule has 1 saturated carbocycles. The third-order valence-corrected chi connectivity index (χ3v) is 5.30. The number of likely N-dealkylation sites (tertiary alicyclic amines) is 1. The van der Waals surface area contributed by atoms with Crippen molar-refractivity contribution >= 4 is 29.9 Å². The normalized spacial score (nSPS) is 25.4. The lowest BCUT2D eigenvalue weighted by Crippen LogP contribution is -2.41. The Morgan fingerprint density at radius 1 is 1.00 bits per heavy atom. The van der Waals surface area contributed by atoms with E-state index in [0.29, 0.717) is 17.9 Å². The van der Waals surface area contributed by atoms with Crippen molar-refractivity contribution in [1.82, 2.24) is 10.2 Å². The molecule has 3 nitrogen and oxygen atoms in total. The monoisotopic (exact) mass is 447 g/mol. The Balaban J connectivity index is 0.00000182. The third-order valence-electron chi connectivity index (χ3n) is 5.30. The highest BCUT2D eigenvalue weighted by atomic mass is 127. The van der Waals surface area contributed by atoms with Crippen LogP contribution in [-0.2, 0) is 0 Å². The van der Waals surface area contributed by atoms with Gasteiger partial charge in [-0.2, -0.15) is 0 Å². The zero-order valence-corrected chi connectivity index (χ0v) is 17.0. The molecule has 25 heavy (non-hydrogen) atoms. The third kappa shape index (κ3) is 4.17. The summed E-state index contributed by atoms with van der Waals surface area (Å²) < 4.78 is 0. The smallest absolute Gasteiger partial charge is 0.193 e. The Bertz CT molecular complexity index is 702. The molecule has 0 radical (unpaired) electrons. The first-order valence-electron chi connectivity index (χ1n) is 8.93. The number of guanidine groups is 1. The van der Waals surface area contributed by atoms with E-state index in [9.17, 15) is 0 Å². The molecular formula is C21H26IN3. The first kappa shape index (κ1) is 18.2. The van der Waals surface area contributed by atoms with Crippen LogP contribution in [0.5, 0.6) is 0 Å². The van der Waals surface area contributed by atoms with E-state index in [1.807, 2.05) is 7.05 Å². The minimum absolute atomic E-state index is 0. The van der Waals surface area contributed by atoms with Crippen LogP contribution in [0.3, 0.4) is 0 Å². The summed E-state index contributed by atoms with van der Waals surface area (Å²) in [6, 6.07) is 22.2. The summed E-state index contributed by atoms with van der Waals surface area (Å²) in [5.41, 5.74) is 2.89. The summed E-state index contributed by atoms with van der Waals surface area (Å²) in [5, 5.41) is 3.68. The van der Waals surface area contributed by atoms with Crippen LogP contribution in [-0.4, -0.2) is 37.0 Å². The predicted octanol–water partition coefficient (Wildman–Crippen LogP) is 4.23. The lowest BCUT2D eigenvalue weighted by atomic mass is 9.99. The molecule has 1 aliphatic carbocycles. The molecule has 4 heteroatoms. The number of rotatable bonds is 3. The average Bonchev–Trinajstić information content (AvgIpc) is 3.25. The van der Waals surface area contributed by atoms with Crippen molar-refractivity contribution in [2.24, 2.45) is 4.99 Å². The molecule has 2 aliphatic rings. The first-order chi connectivity index (χ1) is 11.8. The largest absolute Gasteiger partial charge is 0.353 e. The molecule has 2 fully saturated rings. The van der Waals surface area contributed by atoms with Gasteiger partial charge in [-0.25, -0.2) is 0 Å². The molecule has 1 aliphatic heterocycles. The lowest BCUT2D eigenvalue weighted by molar-refractivity contribution is 0.484. The second-order valence-electron chi connectivity index (χ2n) is 6.89. The molecule has 0 aromatic heterocycles. The molecule has 2 aromatic carbocycles. The highest BCUT2D eigenvalue weighted by Crippen LogP contribution is 2.40. The number of hydrogen-bond acceptors (Lipinski definition) is 1. The fourth-order valence-corrected chi connectivity index (χ4v) is 3.84. The van der Waals surface area contributed by atoms with Crippen molar-refractivity contribution in [3.05, 3.63) is 71.8 Å². The van der Waals surface area contributed by atoms with Gasteiger partial charge in [-0.3, -0.25) is 4.99 Å². The summed E-state index contributed by atoms with van der Waals surface area (Å²) in [7, 11) is 1.90. The molecule has 0 amide bonds. The Morgan fingerprint density at radius 2 is 1.64 bits per heavy atom. The highest BCUT2D eigenvalue weighted by Gasteiger charge is 2.40. The Hall–Kier alpha value is -1.56. The molecule has 4 rings (SSSR count). The van der Waals surface area contributed by atoms with Crippen molar-refractivity contribution < 1.29 is 0 Å². The summed E-state index contributed by atoms with van der Waals surface area (Å²) in [6.07, 6.45) is 2.41. The molecule has 1 saturated heterocycles. The molecule has 132 valence electrons. The van der Waals surface area contributed by atoms with Crippen LogP contribution >= 0.6 is 24.0 Å². The molecule has 0 spiro atoms. The zero-order chi connectivity index (χ0) is 16.4. The van der Waals surface area contributed by atoms with Gasteiger partial charge >= 0.3 is 0 Å². The molecule has 3 unspecified atom stereocenters. The van der Waals surface area contributed by atoms with Gasteiger partial charge in [-0.15, -0.1) is 24.0 Å². The predicted molar refractivity (Wildman–Crippen MR) is 115 cm³/mol. The highest BCUT2D eigenvalue weighted by molar-refractivity contribution is 14.0. The maximum absolute atomic E-state index is 4.54. The lowest BCUT2D eigenvalue weighted by Gasteiger charge is -2.22. The van der Waals surface area contributed by atoms with Crippen LogP contribution in [0.15, 0.2) is 65.7 Å². The van der Waals surface area contributed by atoms with Gasteiger partial charge in [-0.05, 0) is 24.0 Å². The van der Waals surface area contributed by atoms with Gasteiger partial charge in [0.15, 0.2) is 5.96 Å². The van der Waals surface area contributed by atoms with Crippen LogP contribution in [0.2, 0.25) is 0 Å². The number of benzene rings is 2. The van der Waals surface area contributed by atoms with Crippen LogP contribution in [0.1, 0.15) is 35.8 Å². The fraction of sp³-hybridized carbons (Fsp3) is 0.381. The van der Waals surface area contributed by atoms with Gasteiger partial charge in [-0.1, -0.05) is 60.7 Å². The van der Waals surface area contributed by atoms with Crippen molar-refractivity contribution in [2.75, 3.05) is 20.1 Å². The minimum Gasteiger partial charge on any atom is -0.353 e. The van der Waals surface area contributed by atoms with Crippen molar-refractivity contribution in [3.63, 3.8) is 0 Å². The van der Waals surface area contributed by atoms with Crippen LogP contribution in [0, 0.1) is 0 Å².